The zero-order valence-electron chi connectivity index (χ0n) is 7.06. The van der Waals surface area contributed by atoms with Gasteiger partial charge in [0.2, 0.25) is 5.28 Å². The van der Waals surface area contributed by atoms with Gasteiger partial charge in [-0.2, -0.15) is 13.2 Å². The third-order valence-electron chi connectivity index (χ3n) is 1.53. The molecule has 0 aromatic carbocycles. The first-order chi connectivity index (χ1) is 5.82. The van der Waals surface area contributed by atoms with Gasteiger partial charge in [-0.05, 0) is 25.4 Å². The van der Waals surface area contributed by atoms with Gasteiger partial charge in [-0.15, -0.1) is 0 Å². The van der Waals surface area contributed by atoms with E-state index < -0.39 is 11.9 Å². The summed E-state index contributed by atoms with van der Waals surface area (Å²) in [4.78, 5) is 3.21. The van der Waals surface area contributed by atoms with E-state index in [0.717, 1.165) is 6.20 Å². The largest absolute Gasteiger partial charge is 0.434 e. The van der Waals surface area contributed by atoms with Crippen molar-refractivity contribution in [3.8, 4) is 0 Å². The number of halogens is 4. The van der Waals surface area contributed by atoms with Gasteiger partial charge in [0.15, 0.2) is 5.69 Å². The second-order valence-electron chi connectivity index (χ2n) is 2.89. The van der Waals surface area contributed by atoms with E-state index in [9.17, 15) is 13.2 Å². The predicted molar refractivity (Wildman–Crippen MR) is 42.6 cm³/mol. The first kappa shape index (κ1) is 10.4. The van der Waals surface area contributed by atoms with E-state index >= 15 is 0 Å². The molecule has 1 rings (SSSR count). The Kier molecular flexibility index (Phi) is 2.56. The van der Waals surface area contributed by atoms with Gasteiger partial charge in [0.1, 0.15) is 0 Å². The normalized spacial score (nSPS) is 12.5. The summed E-state index contributed by atoms with van der Waals surface area (Å²) in [5.41, 5.74) is -0.953. The highest BCUT2D eigenvalue weighted by Gasteiger charge is 2.34. The van der Waals surface area contributed by atoms with Crippen LogP contribution in [-0.4, -0.2) is 9.55 Å². The molecule has 0 aliphatic heterocycles. The standard InChI is InChI=1S/C7H8ClF3N2/c1-4(2)13-3-5(7(9,10)11)12-6(13)8/h3-4H,1-2H3. The molecule has 13 heavy (non-hydrogen) atoms. The lowest BCUT2D eigenvalue weighted by molar-refractivity contribution is -0.140. The van der Waals surface area contributed by atoms with Gasteiger partial charge in [-0.1, -0.05) is 0 Å². The van der Waals surface area contributed by atoms with Crippen molar-refractivity contribution in [2.24, 2.45) is 0 Å². The minimum absolute atomic E-state index is 0.129. The Morgan fingerprint density at radius 2 is 2.00 bits per heavy atom. The second-order valence-corrected chi connectivity index (χ2v) is 3.23. The second kappa shape index (κ2) is 3.21. The quantitative estimate of drug-likeness (QED) is 0.699. The average molecular weight is 213 g/mol. The number of aromatic nitrogens is 2. The Hall–Kier alpha value is -0.710. The Balaban J connectivity index is 3.10. The molecular weight excluding hydrogens is 205 g/mol. The molecule has 1 heterocycles. The van der Waals surface area contributed by atoms with Crippen LogP contribution < -0.4 is 0 Å². The molecule has 0 aliphatic carbocycles. The number of hydrogen-bond donors (Lipinski definition) is 0. The van der Waals surface area contributed by atoms with Crippen LogP contribution in [0.25, 0.3) is 0 Å². The summed E-state index contributed by atoms with van der Waals surface area (Å²) < 4.78 is 37.6. The van der Waals surface area contributed by atoms with Gasteiger partial charge in [0, 0.05) is 12.2 Å². The van der Waals surface area contributed by atoms with Gasteiger partial charge in [-0.3, -0.25) is 0 Å². The van der Waals surface area contributed by atoms with E-state index in [1.165, 1.54) is 4.57 Å². The molecule has 0 fully saturated rings. The summed E-state index contributed by atoms with van der Waals surface area (Å²) in [6, 6.07) is -0.129. The van der Waals surface area contributed by atoms with Crippen molar-refractivity contribution in [1.82, 2.24) is 9.55 Å². The number of imidazole rings is 1. The van der Waals surface area contributed by atoms with Gasteiger partial charge in [0.05, 0.1) is 0 Å². The van der Waals surface area contributed by atoms with E-state index in [-0.39, 0.29) is 11.3 Å². The van der Waals surface area contributed by atoms with Crippen molar-refractivity contribution in [2.75, 3.05) is 0 Å². The molecular formula is C7H8ClF3N2. The maximum absolute atomic E-state index is 12.1. The zero-order chi connectivity index (χ0) is 10.2. The molecule has 0 spiro atoms. The molecule has 1 aromatic heterocycles. The Labute approximate surface area is 78.3 Å². The molecule has 0 saturated carbocycles. The molecule has 0 atom stereocenters. The van der Waals surface area contributed by atoms with Crippen molar-refractivity contribution < 1.29 is 13.2 Å². The van der Waals surface area contributed by atoms with Crippen LogP contribution in [0.15, 0.2) is 6.20 Å². The molecule has 0 saturated heterocycles. The smallest absolute Gasteiger partial charge is 0.319 e. The Morgan fingerprint density at radius 3 is 2.23 bits per heavy atom. The SMILES string of the molecule is CC(C)n1cc(C(F)(F)F)nc1Cl. The maximum Gasteiger partial charge on any atom is 0.434 e. The highest BCUT2D eigenvalue weighted by molar-refractivity contribution is 6.28. The lowest BCUT2D eigenvalue weighted by Gasteiger charge is -2.06. The first-order valence-electron chi connectivity index (χ1n) is 3.64. The van der Waals surface area contributed by atoms with E-state index in [0.29, 0.717) is 0 Å². The topological polar surface area (TPSA) is 17.8 Å². The molecule has 0 amide bonds. The van der Waals surface area contributed by atoms with E-state index in [2.05, 4.69) is 4.98 Å². The van der Waals surface area contributed by atoms with Gasteiger partial charge >= 0.3 is 6.18 Å². The van der Waals surface area contributed by atoms with Crippen molar-refractivity contribution >= 4 is 11.6 Å². The molecule has 6 heteroatoms. The fraction of sp³-hybridized carbons (Fsp3) is 0.571. The average Bonchev–Trinajstić information content (AvgIpc) is 2.29. The fourth-order valence-electron chi connectivity index (χ4n) is 0.870. The number of nitrogens with zero attached hydrogens (tertiary/aromatic N) is 2. The number of rotatable bonds is 1. The van der Waals surface area contributed by atoms with Crippen LogP contribution >= 0.6 is 11.6 Å². The van der Waals surface area contributed by atoms with Crippen LogP contribution in [0.5, 0.6) is 0 Å². The van der Waals surface area contributed by atoms with Crippen LogP contribution in [0.1, 0.15) is 25.6 Å². The van der Waals surface area contributed by atoms with Crippen molar-refractivity contribution in [1.29, 1.82) is 0 Å². The molecule has 0 N–H and O–H groups in total. The highest BCUT2D eigenvalue weighted by atomic mass is 35.5. The molecule has 0 bridgehead atoms. The van der Waals surface area contributed by atoms with Crippen LogP contribution in [0.3, 0.4) is 0 Å². The summed E-state index contributed by atoms with van der Waals surface area (Å²) in [5, 5.41) is -0.137. The molecule has 1 aromatic rings. The van der Waals surface area contributed by atoms with Crippen LogP contribution in [-0.2, 0) is 6.18 Å². The lowest BCUT2D eigenvalue weighted by Crippen LogP contribution is -2.05. The van der Waals surface area contributed by atoms with Crippen LogP contribution in [0.4, 0.5) is 13.2 Å². The fourth-order valence-corrected chi connectivity index (χ4v) is 1.20. The van der Waals surface area contributed by atoms with Crippen molar-refractivity contribution in [3.63, 3.8) is 0 Å². The Morgan fingerprint density at radius 1 is 1.46 bits per heavy atom. The Bertz CT molecular complexity index is 303. The maximum atomic E-state index is 12.1. The van der Waals surface area contributed by atoms with E-state index in [4.69, 9.17) is 11.6 Å². The summed E-state index contributed by atoms with van der Waals surface area (Å²) >= 11 is 5.50. The minimum Gasteiger partial charge on any atom is -0.319 e. The van der Waals surface area contributed by atoms with E-state index in [1.807, 2.05) is 0 Å². The summed E-state index contributed by atoms with van der Waals surface area (Å²) in [5.74, 6) is 0. The lowest BCUT2D eigenvalue weighted by atomic mass is 10.4. The third-order valence-corrected chi connectivity index (χ3v) is 1.81. The summed E-state index contributed by atoms with van der Waals surface area (Å²) in [6.07, 6.45) is -3.52. The van der Waals surface area contributed by atoms with Crippen molar-refractivity contribution in [3.05, 3.63) is 17.2 Å². The minimum atomic E-state index is -4.43. The van der Waals surface area contributed by atoms with Crippen LogP contribution in [0, 0.1) is 0 Å². The highest BCUT2D eigenvalue weighted by Crippen LogP contribution is 2.30. The molecule has 0 aliphatic rings. The van der Waals surface area contributed by atoms with Gasteiger partial charge in [-0.25, -0.2) is 4.98 Å². The molecule has 0 radical (unpaired) electrons. The third kappa shape index (κ3) is 2.15. The van der Waals surface area contributed by atoms with Crippen molar-refractivity contribution in [2.45, 2.75) is 26.1 Å². The molecule has 74 valence electrons. The monoisotopic (exact) mass is 212 g/mol. The van der Waals surface area contributed by atoms with Gasteiger partial charge < -0.3 is 4.57 Å². The predicted octanol–water partition coefficient (Wildman–Crippen LogP) is 3.14. The summed E-state index contributed by atoms with van der Waals surface area (Å²) in [7, 11) is 0. The zero-order valence-corrected chi connectivity index (χ0v) is 7.82. The molecule has 2 nitrogen and oxygen atoms in total. The summed E-state index contributed by atoms with van der Waals surface area (Å²) in [6.45, 7) is 3.46. The van der Waals surface area contributed by atoms with E-state index in [1.54, 1.807) is 13.8 Å². The molecule has 0 unspecified atom stereocenters. The van der Waals surface area contributed by atoms with Gasteiger partial charge in [0.25, 0.3) is 0 Å². The van der Waals surface area contributed by atoms with Crippen LogP contribution in [0.2, 0.25) is 5.28 Å². The number of alkyl halides is 3. The number of hydrogen-bond acceptors (Lipinski definition) is 1. The first-order valence-corrected chi connectivity index (χ1v) is 4.01.